The number of hydrogen-bond acceptors (Lipinski definition) is 4. The standard InChI is InChI=1S/C25H24N4O3/c1-5-13-28-24(31)20-12-11-18(14-21(20)25(28)32)23(30)27(4)15-22-16(2)26-29(17(22)3)19-9-7-6-8-10-19/h5-12,14H,1,13,15H2,2-4H3. The molecule has 0 saturated carbocycles. The van der Waals surface area contributed by atoms with Crippen LogP contribution in [-0.4, -0.2) is 50.9 Å². The lowest BCUT2D eigenvalue weighted by molar-refractivity contribution is 0.0671. The van der Waals surface area contributed by atoms with Gasteiger partial charge >= 0.3 is 0 Å². The van der Waals surface area contributed by atoms with Crippen molar-refractivity contribution in [2.24, 2.45) is 0 Å². The molecule has 4 rings (SSSR count). The highest BCUT2D eigenvalue weighted by molar-refractivity contribution is 6.22. The number of hydrogen-bond donors (Lipinski definition) is 0. The molecule has 0 spiro atoms. The minimum atomic E-state index is -0.405. The molecule has 32 heavy (non-hydrogen) atoms. The molecule has 1 aliphatic heterocycles. The lowest BCUT2D eigenvalue weighted by Gasteiger charge is -2.18. The van der Waals surface area contributed by atoms with Crippen LogP contribution in [0.15, 0.2) is 61.2 Å². The highest BCUT2D eigenvalue weighted by atomic mass is 16.2. The average Bonchev–Trinajstić information content (AvgIpc) is 3.22. The third-order valence-corrected chi connectivity index (χ3v) is 5.71. The molecule has 0 aliphatic carbocycles. The van der Waals surface area contributed by atoms with Crippen molar-refractivity contribution < 1.29 is 14.4 Å². The minimum absolute atomic E-state index is 0.138. The lowest BCUT2D eigenvalue weighted by Crippen LogP contribution is -2.29. The van der Waals surface area contributed by atoms with Gasteiger partial charge < -0.3 is 4.90 Å². The summed E-state index contributed by atoms with van der Waals surface area (Å²) in [5.41, 5.74) is 4.66. The molecule has 2 aromatic carbocycles. The molecule has 0 saturated heterocycles. The first-order valence-electron chi connectivity index (χ1n) is 10.3. The molecular weight excluding hydrogens is 404 g/mol. The summed E-state index contributed by atoms with van der Waals surface area (Å²) in [6.07, 6.45) is 1.50. The summed E-state index contributed by atoms with van der Waals surface area (Å²) in [6.45, 7) is 8.00. The van der Waals surface area contributed by atoms with Crippen LogP contribution >= 0.6 is 0 Å². The molecule has 0 radical (unpaired) electrons. The molecule has 2 heterocycles. The molecular formula is C25H24N4O3. The Kier molecular flexibility index (Phi) is 5.48. The largest absolute Gasteiger partial charge is 0.337 e. The van der Waals surface area contributed by atoms with Crippen molar-refractivity contribution in [3.8, 4) is 5.69 Å². The van der Waals surface area contributed by atoms with Gasteiger partial charge in [0.2, 0.25) is 0 Å². The van der Waals surface area contributed by atoms with Crippen LogP contribution in [0, 0.1) is 13.8 Å². The van der Waals surface area contributed by atoms with Crippen molar-refractivity contribution in [3.63, 3.8) is 0 Å². The van der Waals surface area contributed by atoms with Gasteiger partial charge in [-0.3, -0.25) is 19.3 Å². The van der Waals surface area contributed by atoms with Gasteiger partial charge in [0.15, 0.2) is 0 Å². The predicted octanol–water partition coefficient (Wildman–Crippen LogP) is 3.54. The summed E-state index contributed by atoms with van der Waals surface area (Å²) in [4.78, 5) is 40.8. The van der Waals surface area contributed by atoms with E-state index in [1.165, 1.54) is 12.1 Å². The summed E-state index contributed by atoms with van der Waals surface area (Å²) in [6, 6.07) is 14.5. The Hall–Kier alpha value is -4.00. The first kappa shape index (κ1) is 21.2. The van der Waals surface area contributed by atoms with Crippen LogP contribution in [0.25, 0.3) is 5.69 Å². The van der Waals surface area contributed by atoms with Crippen LogP contribution in [0.2, 0.25) is 0 Å². The summed E-state index contributed by atoms with van der Waals surface area (Å²) in [7, 11) is 1.71. The summed E-state index contributed by atoms with van der Waals surface area (Å²) in [5, 5.41) is 4.64. The summed E-state index contributed by atoms with van der Waals surface area (Å²) in [5.74, 6) is -1.00. The molecule has 0 atom stereocenters. The van der Waals surface area contributed by atoms with Crippen molar-refractivity contribution in [1.29, 1.82) is 0 Å². The van der Waals surface area contributed by atoms with E-state index in [2.05, 4.69) is 11.7 Å². The van der Waals surface area contributed by atoms with Crippen molar-refractivity contribution in [2.45, 2.75) is 20.4 Å². The third kappa shape index (κ3) is 3.51. The number of carbonyl (C=O) groups is 3. The Morgan fingerprint density at radius 2 is 1.75 bits per heavy atom. The quantitative estimate of drug-likeness (QED) is 0.445. The topological polar surface area (TPSA) is 75.5 Å². The van der Waals surface area contributed by atoms with E-state index in [4.69, 9.17) is 0 Å². The number of rotatable bonds is 6. The highest BCUT2D eigenvalue weighted by Gasteiger charge is 2.35. The Balaban J connectivity index is 1.58. The van der Waals surface area contributed by atoms with Crippen LogP contribution in [0.4, 0.5) is 0 Å². The maximum absolute atomic E-state index is 13.1. The van der Waals surface area contributed by atoms with E-state index in [1.807, 2.05) is 48.9 Å². The molecule has 7 heteroatoms. The van der Waals surface area contributed by atoms with E-state index >= 15 is 0 Å². The van der Waals surface area contributed by atoms with Crippen LogP contribution in [0.3, 0.4) is 0 Å². The van der Waals surface area contributed by atoms with Gasteiger partial charge in [0.05, 0.1) is 22.5 Å². The molecule has 162 valence electrons. The molecule has 0 bridgehead atoms. The maximum Gasteiger partial charge on any atom is 0.261 e. The van der Waals surface area contributed by atoms with E-state index in [9.17, 15) is 14.4 Å². The fraction of sp³-hybridized carbons (Fsp3) is 0.200. The van der Waals surface area contributed by atoms with Gasteiger partial charge in [-0.2, -0.15) is 5.10 Å². The average molecular weight is 428 g/mol. The van der Waals surface area contributed by atoms with Gasteiger partial charge in [-0.05, 0) is 44.2 Å². The van der Waals surface area contributed by atoms with Crippen molar-refractivity contribution in [1.82, 2.24) is 19.6 Å². The second-order valence-corrected chi connectivity index (χ2v) is 7.83. The van der Waals surface area contributed by atoms with E-state index in [-0.39, 0.29) is 23.9 Å². The van der Waals surface area contributed by atoms with E-state index in [0.29, 0.717) is 17.7 Å². The van der Waals surface area contributed by atoms with Crippen LogP contribution < -0.4 is 0 Å². The number of imide groups is 1. The smallest absolute Gasteiger partial charge is 0.261 e. The van der Waals surface area contributed by atoms with Gasteiger partial charge in [0, 0.05) is 37.0 Å². The maximum atomic E-state index is 13.1. The highest BCUT2D eigenvalue weighted by Crippen LogP contribution is 2.25. The van der Waals surface area contributed by atoms with Gasteiger partial charge in [-0.25, -0.2) is 4.68 Å². The Labute approximate surface area is 186 Å². The Morgan fingerprint density at radius 3 is 2.44 bits per heavy atom. The van der Waals surface area contributed by atoms with Crippen LogP contribution in [0.1, 0.15) is 48.0 Å². The fourth-order valence-electron chi connectivity index (χ4n) is 3.97. The SMILES string of the molecule is C=CCN1C(=O)c2ccc(C(=O)N(C)Cc3c(C)nn(-c4ccccc4)c3C)cc2C1=O. The summed E-state index contributed by atoms with van der Waals surface area (Å²) >= 11 is 0. The first-order valence-corrected chi connectivity index (χ1v) is 10.3. The molecule has 7 nitrogen and oxygen atoms in total. The first-order chi connectivity index (χ1) is 15.3. The van der Waals surface area contributed by atoms with Gasteiger partial charge in [0.25, 0.3) is 17.7 Å². The molecule has 3 amide bonds. The van der Waals surface area contributed by atoms with Gasteiger partial charge in [-0.1, -0.05) is 24.3 Å². The Bertz CT molecular complexity index is 1240. The summed E-state index contributed by atoms with van der Waals surface area (Å²) < 4.78 is 1.87. The van der Waals surface area contributed by atoms with Crippen LogP contribution in [-0.2, 0) is 6.54 Å². The Morgan fingerprint density at radius 1 is 1.06 bits per heavy atom. The van der Waals surface area contributed by atoms with E-state index in [0.717, 1.165) is 27.5 Å². The second kappa shape index (κ2) is 8.26. The molecule has 3 aromatic rings. The van der Waals surface area contributed by atoms with E-state index < -0.39 is 5.91 Å². The van der Waals surface area contributed by atoms with Gasteiger partial charge in [0.1, 0.15) is 0 Å². The zero-order chi connectivity index (χ0) is 23.0. The molecule has 1 aliphatic rings. The fourth-order valence-corrected chi connectivity index (χ4v) is 3.97. The van der Waals surface area contributed by atoms with Crippen LogP contribution in [0.5, 0.6) is 0 Å². The van der Waals surface area contributed by atoms with Crippen molar-refractivity contribution in [3.05, 3.63) is 94.8 Å². The second-order valence-electron chi connectivity index (χ2n) is 7.83. The van der Waals surface area contributed by atoms with E-state index in [1.54, 1.807) is 24.1 Å². The van der Waals surface area contributed by atoms with Crippen molar-refractivity contribution in [2.75, 3.05) is 13.6 Å². The zero-order valence-corrected chi connectivity index (χ0v) is 18.3. The molecule has 0 fully saturated rings. The third-order valence-electron chi connectivity index (χ3n) is 5.71. The number of amides is 3. The number of nitrogens with zero attached hydrogens (tertiary/aromatic N) is 4. The number of carbonyl (C=O) groups excluding carboxylic acids is 3. The van der Waals surface area contributed by atoms with Gasteiger partial charge in [-0.15, -0.1) is 6.58 Å². The molecule has 0 unspecified atom stereocenters. The molecule has 0 N–H and O–H groups in total. The number of aryl methyl sites for hydroxylation is 1. The minimum Gasteiger partial charge on any atom is -0.337 e. The number of benzene rings is 2. The van der Waals surface area contributed by atoms with Crippen molar-refractivity contribution >= 4 is 17.7 Å². The normalized spacial score (nSPS) is 12.8. The number of para-hydroxylation sites is 1. The molecule has 1 aromatic heterocycles. The number of fused-ring (bicyclic) bond motifs is 1. The zero-order valence-electron chi connectivity index (χ0n) is 18.3. The lowest BCUT2D eigenvalue weighted by atomic mass is 10.0. The predicted molar refractivity (Wildman–Crippen MR) is 121 cm³/mol. The number of aromatic nitrogens is 2. The monoisotopic (exact) mass is 428 g/mol.